The van der Waals surface area contributed by atoms with Gasteiger partial charge in [-0.25, -0.2) is 0 Å². The first-order valence-electron chi connectivity index (χ1n) is 4.31. The maximum absolute atomic E-state index is 11.1. The first-order valence-corrected chi connectivity index (χ1v) is 8.47. The number of carboxylic acid groups (broad SMARTS) is 1. The van der Waals surface area contributed by atoms with E-state index in [4.69, 9.17) is 21.4 Å². The minimum atomic E-state index is -3.08. The van der Waals surface area contributed by atoms with Crippen molar-refractivity contribution in [3.63, 3.8) is 0 Å². The zero-order valence-electron chi connectivity index (χ0n) is 8.44. The van der Waals surface area contributed by atoms with E-state index >= 15 is 0 Å². The average molecular weight is 278 g/mol. The first kappa shape index (κ1) is 13.7. The third kappa shape index (κ3) is 3.88. The number of hydrogen-bond acceptors (Lipinski definition) is 4. The minimum Gasteiger partial charge on any atom is -0.480 e. The Hall–Kier alpha value is -0.390. The van der Waals surface area contributed by atoms with Crippen LogP contribution in [-0.2, 0) is 21.1 Å². The number of aliphatic carboxylic acids is 1. The van der Waals surface area contributed by atoms with E-state index in [1.54, 1.807) is 30.3 Å². The second kappa shape index (κ2) is 5.80. The lowest BCUT2D eigenvalue weighted by Crippen LogP contribution is -2.07. The molecule has 1 aromatic rings. The van der Waals surface area contributed by atoms with Crippen molar-refractivity contribution in [2.24, 2.45) is 0 Å². The summed E-state index contributed by atoms with van der Waals surface area (Å²) in [6.07, 6.45) is 0. The lowest BCUT2D eigenvalue weighted by Gasteiger charge is -2.17. The molecule has 0 spiro atoms. The van der Waals surface area contributed by atoms with Crippen LogP contribution in [0.1, 0.15) is 10.8 Å². The van der Waals surface area contributed by atoms with Crippen LogP contribution >= 0.6 is 17.1 Å². The van der Waals surface area contributed by atoms with Crippen LogP contribution < -0.4 is 0 Å². The molecule has 1 rings (SSSR count). The summed E-state index contributed by atoms with van der Waals surface area (Å²) in [4.78, 5) is 20.7. The molecule has 7 heteroatoms. The molecule has 16 heavy (non-hydrogen) atoms. The summed E-state index contributed by atoms with van der Waals surface area (Å²) < 4.78 is 4.72. The number of carboxylic acids is 1. The van der Waals surface area contributed by atoms with Crippen LogP contribution in [0.15, 0.2) is 30.3 Å². The summed E-state index contributed by atoms with van der Waals surface area (Å²) in [5.74, 6) is -1.04. The average Bonchev–Trinajstić information content (AvgIpc) is 2.27. The molecule has 4 nitrogen and oxygen atoms in total. The van der Waals surface area contributed by atoms with E-state index in [9.17, 15) is 9.69 Å². The van der Waals surface area contributed by atoms with Gasteiger partial charge in [-0.2, -0.15) is 0 Å². The Morgan fingerprint density at radius 2 is 2.06 bits per heavy atom. The predicted molar refractivity (Wildman–Crippen MR) is 67.9 cm³/mol. The fourth-order valence-corrected chi connectivity index (χ4v) is 4.24. The second-order valence-corrected chi connectivity index (χ2v) is 9.17. The SMILES string of the molecule is COP(O)(=S)SC(C(=O)O)c1ccccc1. The monoisotopic (exact) mass is 278 g/mol. The van der Waals surface area contributed by atoms with Gasteiger partial charge in [0.05, 0.1) is 0 Å². The Kier molecular flexibility index (Phi) is 4.95. The van der Waals surface area contributed by atoms with Gasteiger partial charge in [0, 0.05) is 7.11 Å². The van der Waals surface area contributed by atoms with Gasteiger partial charge < -0.3 is 14.5 Å². The number of benzene rings is 1. The van der Waals surface area contributed by atoms with E-state index in [-0.39, 0.29) is 0 Å². The maximum atomic E-state index is 11.1. The van der Waals surface area contributed by atoms with Crippen molar-refractivity contribution < 1.29 is 19.3 Å². The largest absolute Gasteiger partial charge is 0.480 e. The van der Waals surface area contributed by atoms with Crippen molar-refractivity contribution in [1.29, 1.82) is 0 Å². The molecule has 2 atom stereocenters. The Balaban J connectivity index is 2.94. The molecule has 88 valence electrons. The van der Waals surface area contributed by atoms with E-state index in [1.807, 2.05) is 0 Å². The highest BCUT2D eigenvalue weighted by Gasteiger charge is 2.28. The van der Waals surface area contributed by atoms with E-state index in [0.717, 1.165) is 11.4 Å². The predicted octanol–water partition coefficient (Wildman–Crippen LogP) is 2.41. The molecule has 0 amide bonds. The molecule has 0 radical (unpaired) electrons. The van der Waals surface area contributed by atoms with Crippen LogP contribution in [0.4, 0.5) is 0 Å². The highest BCUT2D eigenvalue weighted by molar-refractivity contribution is 8.67. The Bertz CT molecular complexity index is 409. The van der Waals surface area contributed by atoms with Crippen LogP contribution in [0.3, 0.4) is 0 Å². The molecule has 0 aliphatic rings. The van der Waals surface area contributed by atoms with Crippen molar-refractivity contribution in [2.45, 2.75) is 5.25 Å². The molecule has 0 fully saturated rings. The molecule has 0 saturated carbocycles. The van der Waals surface area contributed by atoms with E-state index in [2.05, 4.69) is 0 Å². The molecule has 0 saturated heterocycles. The number of carbonyl (C=O) groups is 1. The topological polar surface area (TPSA) is 66.8 Å². The lowest BCUT2D eigenvalue weighted by atomic mass is 10.1. The molecule has 0 aliphatic heterocycles. The maximum Gasteiger partial charge on any atom is 0.321 e. The summed E-state index contributed by atoms with van der Waals surface area (Å²) >= 11 is 5.55. The van der Waals surface area contributed by atoms with Crippen LogP contribution in [0.2, 0.25) is 0 Å². The van der Waals surface area contributed by atoms with Gasteiger partial charge in [-0.05, 0) is 17.4 Å². The van der Waals surface area contributed by atoms with Gasteiger partial charge in [0.1, 0.15) is 5.25 Å². The molecule has 2 N–H and O–H groups in total. The minimum absolute atomic E-state index is 0.584. The zero-order valence-corrected chi connectivity index (χ0v) is 11.0. The summed E-state index contributed by atoms with van der Waals surface area (Å²) in [6.45, 7) is 0. The first-order chi connectivity index (χ1) is 7.46. The summed E-state index contributed by atoms with van der Waals surface area (Å²) in [6, 6.07) is 8.62. The number of rotatable bonds is 5. The molecule has 2 unspecified atom stereocenters. The van der Waals surface area contributed by atoms with Crippen molar-refractivity contribution in [3.05, 3.63) is 35.9 Å². The Morgan fingerprint density at radius 3 is 2.50 bits per heavy atom. The fraction of sp³-hybridized carbons (Fsp3) is 0.222. The van der Waals surface area contributed by atoms with E-state index in [1.165, 1.54) is 7.11 Å². The highest BCUT2D eigenvalue weighted by atomic mass is 32.9. The van der Waals surface area contributed by atoms with Gasteiger partial charge in [-0.3, -0.25) is 4.79 Å². The van der Waals surface area contributed by atoms with Crippen LogP contribution in [0.5, 0.6) is 0 Å². The third-order valence-electron chi connectivity index (χ3n) is 1.80. The van der Waals surface area contributed by atoms with E-state index in [0.29, 0.717) is 5.56 Å². The van der Waals surface area contributed by atoms with Gasteiger partial charge in [-0.15, -0.1) is 0 Å². The molecule has 1 aromatic carbocycles. The third-order valence-corrected chi connectivity index (χ3v) is 6.31. The highest BCUT2D eigenvalue weighted by Crippen LogP contribution is 2.61. The van der Waals surface area contributed by atoms with Crippen molar-refractivity contribution in [3.8, 4) is 0 Å². The van der Waals surface area contributed by atoms with Crippen LogP contribution in [0.25, 0.3) is 0 Å². The van der Waals surface area contributed by atoms with Gasteiger partial charge in [0.25, 0.3) is 0 Å². The van der Waals surface area contributed by atoms with Crippen molar-refractivity contribution in [2.75, 3.05) is 7.11 Å². The normalized spacial score (nSPS) is 16.4. The molecule has 0 heterocycles. The standard InChI is InChI=1S/C9H11O4PS2/c1-13-14(12,15)16-8(9(10)11)7-5-3-2-4-6-7/h2-6,8H,1H3,(H,10,11)(H,12,15). The van der Waals surface area contributed by atoms with Crippen LogP contribution in [-0.4, -0.2) is 23.1 Å². The van der Waals surface area contributed by atoms with Gasteiger partial charge in [-0.1, -0.05) is 41.7 Å². The summed E-state index contributed by atoms with van der Waals surface area (Å²) in [7, 11) is 1.28. The number of hydrogen-bond donors (Lipinski definition) is 2. The Labute approximate surface area is 103 Å². The molecule has 0 aliphatic carbocycles. The van der Waals surface area contributed by atoms with Gasteiger partial charge in [0.2, 0.25) is 5.69 Å². The summed E-state index contributed by atoms with van der Waals surface area (Å²) in [5.41, 5.74) is -2.50. The molecule has 0 bridgehead atoms. The van der Waals surface area contributed by atoms with E-state index < -0.39 is 16.9 Å². The van der Waals surface area contributed by atoms with Gasteiger partial charge >= 0.3 is 5.97 Å². The molecular formula is C9H11O4PS2. The quantitative estimate of drug-likeness (QED) is 0.806. The molecular weight excluding hydrogens is 267 g/mol. The van der Waals surface area contributed by atoms with Gasteiger partial charge in [0.15, 0.2) is 0 Å². The zero-order chi connectivity index (χ0) is 12.2. The smallest absolute Gasteiger partial charge is 0.321 e. The Morgan fingerprint density at radius 1 is 1.50 bits per heavy atom. The summed E-state index contributed by atoms with van der Waals surface area (Å²) in [5, 5.41) is 8.16. The molecule has 0 aromatic heterocycles. The van der Waals surface area contributed by atoms with Crippen LogP contribution in [0, 0.1) is 0 Å². The fourth-order valence-electron chi connectivity index (χ4n) is 1.05. The lowest BCUT2D eigenvalue weighted by molar-refractivity contribution is -0.136. The van der Waals surface area contributed by atoms with Crippen molar-refractivity contribution >= 4 is 34.9 Å². The second-order valence-electron chi connectivity index (χ2n) is 2.89. The van der Waals surface area contributed by atoms with Crippen molar-refractivity contribution in [1.82, 2.24) is 0 Å².